The molecule has 0 saturated heterocycles. The van der Waals surface area contributed by atoms with E-state index in [9.17, 15) is 18.0 Å². The summed E-state index contributed by atoms with van der Waals surface area (Å²) >= 11 is 4.94. The van der Waals surface area contributed by atoms with Crippen LogP contribution in [0.5, 0.6) is 5.75 Å². The number of alkyl halides is 3. The van der Waals surface area contributed by atoms with Crippen LogP contribution in [0.2, 0.25) is 0 Å². The number of ether oxygens (including phenoxy) is 1. The van der Waals surface area contributed by atoms with Gasteiger partial charge in [-0.05, 0) is 18.3 Å². The average Bonchev–Trinajstić information content (AvgIpc) is 2.48. The number of H-pyrrole nitrogens is 2. The molecular formula is C15H14F3N3O2S. The van der Waals surface area contributed by atoms with Crippen LogP contribution in [0.1, 0.15) is 16.8 Å². The number of aromatic amines is 2. The molecule has 0 fully saturated rings. The molecule has 2 aromatic rings. The standard InChI is InChI=1S/C15H14F3N3O2S/c16-15(17,18)23-12-4-2-1-3-9(12)7-21-6-5-11-10(8-21)13(22)20-14(24)19-11/h1-4H,5-8H2,(H2,19,20,22,24). The second-order valence-corrected chi connectivity index (χ2v) is 5.89. The lowest BCUT2D eigenvalue weighted by atomic mass is 10.1. The highest BCUT2D eigenvalue weighted by Crippen LogP contribution is 2.28. The van der Waals surface area contributed by atoms with E-state index in [0.29, 0.717) is 30.6 Å². The topological polar surface area (TPSA) is 61.1 Å². The second-order valence-electron chi connectivity index (χ2n) is 5.48. The zero-order chi connectivity index (χ0) is 17.3. The van der Waals surface area contributed by atoms with Crippen molar-refractivity contribution in [1.82, 2.24) is 14.9 Å². The summed E-state index contributed by atoms with van der Waals surface area (Å²) in [5.41, 5.74) is 1.49. The Bertz CT molecular complexity index is 860. The predicted molar refractivity (Wildman–Crippen MR) is 83.2 cm³/mol. The fourth-order valence-corrected chi connectivity index (χ4v) is 2.96. The van der Waals surface area contributed by atoms with E-state index in [1.54, 1.807) is 12.1 Å². The van der Waals surface area contributed by atoms with Crippen molar-refractivity contribution in [1.29, 1.82) is 0 Å². The van der Waals surface area contributed by atoms with Gasteiger partial charge in [-0.15, -0.1) is 13.2 Å². The summed E-state index contributed by atoms with van der Waals surface area (Å²) in [6.45, 7) is 1.18. The first-order chi connectivity index (χ1) is 11.3. The van der Waals surface area contributed by atoms with Crippen molar-refractivity contribution in [3.8, 4) is 5.75 Å². The second kappa shape index (κ2) is 6.40. The number of rotatable bonds is 3. The van der Waals surface area contributed by atoms with Gasteiger partial charge in [0, 0.05) is 37.3 Å². The smallest absolute Gasteiger partial charge is 0.405 e. The van der Waals surface area contributed by atoms with Crippen LogP contribution < -0.4 is 10.3 Å². The number of aromatic nitrogens is 2. The molecule has 1 aliphatic heterocycles. The zero-order valence-corrected chi connectivity index (χ0v) is 13.3. The Morgan fingerprint density at radius 1 is 1.25 bits per heavy atom. The molecule has 1 aromatic carbocycles. The van der Waals surface area contributed by atoms with E-state index in [0.717, 1.165) is 5.69 Å². The van der Waals surface area contributed by atoms with Crippen molar-refractivity contribution in [3.05, 3.63) is 56.2 Å². The largest absolute Gasteiger partial charge is 0.573 e. The minimum absolute atomic E-state index is 0.225. The van der Waals surface area contributed by atoms with Crippen LogP contribution in [-0.4, -0.2) is 27.8 Å². The van der Waals surface area contributed by atoms with Gasteiger partial charge in [-0.3, -0.25) is 14.7 Å². The van der Waals surface area contributed by atoms with Gasteiger partial charge in [-0.25, -0.2) is 0 Å². The van der Waals surface area contributed by atoms with Crippen molar-refractivity contribution < 1.29 is 17.9 Å². The summed E-state index contributed by atoms with van der Waals surface area (Å²) in [6.07, 6.45) is -4.16. The van der Waals surface area contributed by atoms with E-state index >= 15 is 0 Å². The third-order valence-corrected chi connectivity index (χ3v) is 3.99. The van der Waals surface area contributed by atoms with Crippen molar-refractivity contribution in [3.63, 3.8) is 0 Å². The van der Waals surface area contributed by atoms with Gasteiger partial charge >= 0.3 is 6.36 Å². The lowest BCUT2D eigenvalue weighted by Gasteiger charge is -2.28. The summed E-state index contributed by atoms with van der Waals surface area (Å²) in [5.74, 6) is -0.225. The Morgan fingerprint density at radius 2 is 2.00 bits per heavy atom. The third-order valence-electron chi connectivity index (χ3n) is 3.78. The van der Waals surface area contributed by atoms with Crippen LogP contribution in [0, 0.1) is 4.77 Å². The average molecular weight is 357 g/mol. The summed E-state index contributed by atoms with van der Waals surface area (Å²) in [4.78, 5) is 19.4. The van der Waals surface area contributed by atoms with Crippen molar-refractivity contribution >= 4 is 12.2 Å². The van der Waals surface area contributed by atoms with Crippen LogP contribution >= 0.6 is 12.2 Å². The summed E-state index contributed by atoms with van der Waals surface area (Å²) in [6, 6.07) is 6.01. The molecule has 1 aromatic heterocycles. The Morgan fingerprint density at radius 3 is 2.75 bits per heavy atom. The highest BCUT2D eigenvalue weighted by atomic mass is 32.1. The molecule has 0 saturated carbocycles. The first-order valence-electron chi connectivity index (χ1n) is 7.22. The van der Waals surface area contributed by atoms with Gasteiger partial charge in [0.25, 0.3) is 5.56 Å². The van der Waals surface area contributed by atoms with Gasteiger partial charge in [0.05, 0.1) is 5.56 Å². The molecule has 128 valence electrons. The van der Waals surface area contributed by atoms with Crippen LogP contribution in [-0.2, 0) is 19.5 Å². The molecule has 0 atom stereocenters. The summed E-state index contributed by atoms with van der Waals surface area (Å²) in [7, 11) is 0. The van der Waals surface area contributed by atoms with Gasteiger partial charge in [0.15, 0.2) is 4.77 Å². The molecule has 0 amide bonds. The molecule has 0 bridgehead atoms. The molecule has 2 N–H and O–H groups in total. The van der Waals surface area contributed by atoms with Gasteiger partial charge in [0.1, 0.15) is 5.75 Å². The predicted octanol–water partition coefficient (Wildman–Crippen LogP) is 2.89. The molecule has 2 heterocycles. The van der Waals surface area contributed by atoms with E-state index in [1.807, 2.05) is 4.90 Å². The van der Waals surface area contributed by atoms with E-state index in [1.165, 1.54) is 12.1 Å². The van der Waals surface area contributed by atoms with Gasteiger partial charge in [-0.2, -0.15) is 0 Å². The fraction of sp³-hybridized carbons (Fsp3) is 0.333. The molecule has 3 rings (SSSR count). The maximum atomic E-state index is 12.5. The number of nitrogens with zero attached hydrogens (tertiary/aromatic N) is 1. The van der Waals surface area contributed by atoms with Gasteiger partial charge in [-0.1, -0.05) is 18.2 Å². The van der Waals surface area contributed by atoms with Crippen LogP contribution in [0.25, 0.3) is 0 Å². The maximum Gasteiger partial charge on any atom is 0.573 e. The van der Waals surface area contributed by atoms with E-state index in [-0.39, 0.29) is 22.6 Å². The third kappa shape index (κ3) is 3.85. The van der Waals surface area contributed by atoms with Gasteiger partial charge in [0.2, 0.25) is 0 Å². The maximum absolute atomic E-state index is 12.5. The van der Waals surface area contributed by atoms with Crippen LogP contribution in [0.15, 0.2) is 29.1 Å². The van der Waals surface area contributed by atoms with Crippen LogP contribution in [0.4, 0.5) is 13.2 Å². The highest BCUT2D eigenvalue weighted by Gasteiger charge is 2.32. The SMILES string of the molecule is O=c1[nH]c(=S)[nH]c2c1CN(Cc1ccccc1OC(F)(F)F)CC2. The molecule has 0 radical (unpaired) electrons. The Hall–Kier alpha value is -2.13. The molecule has 1 aliphatic rings. The number of benzene rings is 1. The number of halogens is 3. The van der Waals surface area contributed by atoms with Crippen molar-refractivity contribution in [2.24, 2.45) is 0 Å². The number of hydrogen-bond donors (Lipinski definition) is 2. The summed E-state index contributed by atoms with van der Waals surface area (Å²) < 4.78 is 41.8. The number of nitrogens with one attached hydrogen (secondary N) is 2. The van der Waals surface area contributed by atoms with Crippen LogP contribution in [0.3, 0.4) is 0 Å². The Balaban J connectivity index is 1.81. The Labute approximate surface area is 140 Å². The zero-order valence-electron chi connectivity index (χ0n) is 12.4. The minimum atomic E-state index is -4.74. The number of para-hydroxylation sites is 1. The summed E-state index contributed by atoms with van der Waals surface area (Å²) in [5, 5.41) is 0. The molecule has 9 heteroatoms. The molecular weight excluding hydrogens is 343 g/mol. The first-order valence-corrected chi connectivity index (χ1v) is 7.63. The molecule has 5 nitrogen and oxygen atoms in total. The molecule has 24 heavy (non-hydrogen) atoms. The van der Waals surface area contributed by atoms with E-state index < -0.39 is 6.36 Å². The normalized spacial score (nSPS) is 15.1. The van der Waals surface area contributed by atoms with Crippen molar-refractivity contribution in [2.75, 3.05) is 6.54 Å². The number of hydrogen-bond acceptors (Lipinski definition) is 4. The highest BCUT2D eigenvalue weighted by molar-refractivity contribution is 7.71. The molecule has 0 aliphatic carbocycles. The monoisotopic (exact) mass is 357 g/mol. The lowest BCUT2D eigenvalue weighted by molar-refractivity contribution is -0.275. The lowest BCUT2D eigenvalue weighted by Crippen LogP contribution is -2.35. The fourth-order valence-electron chi connectivity index (χ4n) is 2.75. The van der Waals surface area contributed by atoms with Crippen molar-refractivity contribution in [2.45, 2.75) is 25.9 Å². The molecule has 0 spiro atoms. The number of fused-ring (bicyclic) bond motifs is 1. The molecule has 0 unspecified atom stereocenters. The first kappa shape index (κ1) is 16.7. The van der Waals surface area contributed by atoms with Gasteiger partial charge < -0.3 is 9.72 Å². The minimum Gasteiger partial charge on any atom is -0.405 e. The van der Waals surface area contributed by atoms with E-state index in [4.69, 9.17) is 12.2 Å². The van der Waals surface area contributed by atoms with E-state index in [2.05, 4.69) is 14.7 Å². The quantitative estimate of drug-likeness (QED) is 0.830. The Kier molecular flexibility index (Phi) is 4.46.